The average molecular weight is 360 g/mol. The zero-order valence-electron chi connectivity index (χ0n) is 14.5. The second-order valence-electron chi connectivity index (χ2n) is 7.14. The Kier molecular flexibility index (Phi) is 4.62. The molecule has 4 rings (SSSR count). The maximum absolute atomic E-state index is 12.2. The fourth-order valence-corrected chi connectivity index (χ4v) is 4.51. The fraction of sp³-hybridized carbons (Fsp3) is 0.556. The summed E-state index contributed by atoms with van der Waals surface area (Å²) in [6.45, 7) is 3.63. The summed E-state index contributed by atoms with van der Waals surface area (Å²) in [7, 11) is 1.95. The van der Waals surface area contributed by atoms with Crippen molar-refractivity contribution in [1.82, 2.24) is 20.0 Å². The number of piperidine rings is 1. The molecule has 0 aliphatic carbocycles. The Morgan fingerprint density at radius 2 is 2.32 bits per heavy atom. The topological polar surface area (TPSA) is 59.4 Å². The van der Waals surface area contributed by atoms with Gasteiger partial charge in [0.2, 0.25) is 0 Å². The molecule has 2 aromatic rings. The number of amides is 1. The van der Waals surface area contributed by atoms with E-state index in [-0.39, 0.29) is 17.6 Å². The SMILES string of the molecule is Cn1cc(CN2CCC3(CC2)C[C@@H](NC(=O)c2cccs2)CO3)cn1. The molecule has 2 fully saturated rings. The molecule has 0 unspecified atom stereocenters. The van der Waals surface area contributed by atoms with Crippen LogP contribution in [0.4, 0.5) is 0 Å². The highest BCUT2D eigenvalue weighted by Crippen LogP contribution is 2.36. The molecular formula is C18H24N4O2S. The van der Waals surface area contributed by atoms with E-state index in [0.29, 0.717) is 6.61 Å². The lowest BCUT2D eigenvalue weighted by Crippen LogP contribution is -2.44. The van der Waals surface area contributed by atoms with Gasteiger partial charge in [-0.1, -0.05) is 6.07 Å². The van der Waals surface area contributed by atoms with Crippen molar-refractivity contribution in [3.63, 3.8) is 0 Å². The monoisotopic (exact) mass is 360 g/mol. The number of nitrogens with one attached hydrogen (secondary N) is 1. The van der Waals surface area contributed by atoms with E-state index >= 15 is 0 Å². The lowest BCUT2D eigenvalue weighted by atomic mass is 9.87. The molecule has 2 aromatic heterocycles. The molecule has 6 nitrogen and oxygen atoms in total. The van der Waals surface area contributed by atoms with Gasteiger partial charge in [-0.05, 0) is 30.7 Å². The summed E-state index contributed by atoms with van der Waals surface area (Å²) in [5.74, 6) is 0.0228. The summed E-state index contributed by atoms with van der Waals surface area (Å²) < 4.78 is 8.01. The molecule has 1 N–H and O–H groups in total. The standard InChI is InChI=1S/C18H24N4O2S/c1-21-11-14(10-19-21)12-22-6-4-18(5-7-22)9-15(13-24-18)20-17(23)16-3-2-8-25-16/h2-3,8,10-11,15H,4-7,9,12-13H2,1H3,(H,20,23)/t15-/m1/s1. The number of aromatic nitrogens is 2. The minimum absolute atomic E-state index is 0.0228. The van der Waals surface area contributed by atoms with Gasteiger partial charge in [-0.15, -0.1) is 11.3 Å². The first-order valence-electron chi connectivity index (χ1n) is 8.80. The molecule has 0 saturated carbocycles. The first kappa shape index (κ1) is 16.8. The van der Waals surface area contributed by atoms with Gasteiger partial charge in [0.15, 0.2) is 0 Å². The Hall–Kier alpha value is -1.70. The molecule has 7 heteroatoms. The Morgan fingerprint density at radius 1 is 1.48 bits per heavy atom. The third kappa shape index (κ3) is 3.78. The van der Waals surface area contributed by atoms with Crippen molar-refractivity contribution in [2.75, 3.05) is 19.7 Å². The van der Waals surface area contributed by atoms with E-state index in [4.69, 9.17) is 4.74 Å². The van der Waals surface area contributed by atoms with Crippen LogP contribution in [-0.4, -0.2) is 51.9 Å². The third-order valence-corrected chi connectivity index (χ3v) is 6.09. The molecule has 2 aliphatic heterocycles. The largest absolute Gasteiger partial charge is 0.373 e. The van der Waals surface area contributed by atoms with Gasteiger partial charge in [-0.3, -0.25) is 14.4 Å². The van der Waals surface area contributed by atoms with Crippen LogP contribution in [0.15, 0.2) is 29.9 Å². The van der Waals surface area contributed by atoms with Crippen molar-refractivity contribution >= 4 is 17.2 Å². The number of hydrogen-bond acceptors (Lipinski definition) is 5. The van der Waals surface area contributed by atoms with Crippen LogP contribution in [0.3, 0.4) is 0 Å². The number of thiophene rings is 1. The van der Waals surface area contributed by atoms with Crippen molar-refractivity contribution < 1.29 is 9.53 Å². The van der Waals surface area contributed by atoms with Gasteiger partial charge in [0.05, 0.1) is 29.3 Å². The second-order valence-corrected chi connectivity index (χ2v) is 8.09. The molecule has 25 heavy (non-hydrogen) atoms. The molecule has 1 amide bonds. The van der Waals surface area contributed by atoms with E-state index in [1.807, 2.05) is 35.4 Å². The Bertz CT molecular complexity index is 719. The number of hydrogen-bond donors (Lipinski definition) is 1. The predicted molar refractivity (Wildman–Crippen MR) is 96.6 cm³/mol. The highest BCUT2D eigenvalue weighted by molar-refractivity contribution is 7.12. The van der Waals surface area contributed by atoms with Gasteiger partial charge in [-0.25, -0.2) is 0 Å². The number of likely N-dealkylation sites (tertiary alicyclic amines) is 1. The number of aryl methyl sites for hydroxylation is 1. The summed E-state index contributed by atoms with van der Waals surface area (Å²) in [5.41, 5.74) is 1.20. The van der Waals surface area contributed by atoms with Gasteiger partial charge < -0.3 is 10.1 Å². The minimum Gasteiger partial charge on any atom is -0.373 e. The molecule has 134 valence electrons. The van der Waals surface area contributed by atoms with E-state index in [0.717, 1.165) is 43.8 Å². The van der Waals surface area contributed by atoms with Gasteiger partial charge in [-0.2, -0.15) is 5.10 Å². The number of rotatable bonds is 4. The van der Waals surface area contributed by atoms with Gasteiger partial charge >= 0.3 is 0 Å². The molecule has 4 heterocycles. The predicted octanol–water partition coefficient (Wildman–Crippen LogP) is 2.04. The minimum atomic E-state index is -0.0567. The molecule has 0 radical (unpaired) electrons. The number of carbonyl (C=O) groups excluding carboxylic acids is 1. The van der Waals surface area contributed by atoms with Gasteiger partial charge in [0.25, 0.3) is 5.91 Å². The van der Waals surface area contributed by atoms with E-state index in [2.05, 4.69) is 21.5 Å². The van der Waals surface area contributed by atoms with E-state index < -0.39 is 0 Å². The summed E-state index contributed by atoms with van der Waals surface area (Å²) in [6, 6.07) is 3.90. The lowest BCUT2D eigenvalue weighted by Gasteiger charge is -2.38. The third-order valence-electron chi connectivity index (χ3n) is 5.22. The van der Waals surface area contributed by atoms with Gasteiger partial charge in [0, 0.05) is 38.4 Å². The summed E-state index contributed by atoms with van der Waals surface area (Å²) in [4.78, 5) is 15.4. The first-order chi connectivity index (χ1) is 12.1. The molecule has 1 atom stereocenters. The van der Waals surface area contributed by atoms with E-state index in [1.54, 1.807) is 0 Å². The molecule has 2 aliphatic rings. The van der Waals surface area contributed by atoms with E-state index in [9.17, 15) is 4.79 Å². The van der Waals surface area contributed by atoms with Crippen molar-refractivity contribution in [2.45, 2.75) is 37.5 Å². The van der Waals surface area contributed by atoms with Gasteiger partial charge in [0.1, 0.15) is 0 Å². The van der Waals surface area contributed by atoms with Crippen LogP contribution in [0.2, 0.25) is 0 Å². The molecule has 2 saturated heterocycles. The summed E-state index contributed by atoms with van der Waals surface area (Å²) >= 11 is 1.48. The summed E-state index contributed by atoms with van der Waals surface area (Å²) in [6.07, 6.45) is 6.99. The number of ether oxygens (including phenoxy) is 1. The van der Waals surface area contributed by atoms with Crippen LogP contribution in [0, 0.1) is 0 Å². The van der Waals surface area contributed by atoms with Crippen molar-refractivity contribution in [1.29, 1.82) is 0 Å². The van der Waals surface area contributed by atoms with Crippen LogP contribution in [0.25, 0.3) is 0 Å². The van der Waals surface area contributed by atoms with Crippen LogP contribution in [-0.2, 0) is 18.3 Å². The van der Waals surface area contributed by atoms with Crippen LogP contribution < -0.4 is 5.32 Å². The summed E-state index contributed by atoms with van der Waals surface area (Å²) in [5, 5.41) is 9.30. The molecule has 1 spiro atoms. The Balaban J connectivity index is 1.28. The lowest BCUT2D eigenvalue weighted by molar-refractivity contribution is -0.0449. The number of carbonyl (C=O) groups is 1. The zero-order valence-corrected chi connectivity index (χ0v) is 15.3. The van der Waals surface area contributed by atoms with Crippen LogP contribution in [0.1, 0.15) is 34.5 Å². The highest BCUT2D eigenvalue weighted by atomic mass is 32.1. The Morgan fingerprint density at radius 3 is 3.00 bits per heavy atom. The maximum Gasteiger partial charge on any atom is 0.261 e. The zero-order chi connectivity index (χ0) is 17.3. The van der Waals surface area contributed by atoms with Crippen molar-refractivity contribution in [3.8, 4) is 0 Å². The molecule has 0 aromatic carbocycles. The molecular weight excluding hydrogens is 336 g/mol. The first-order valence-corrected chi connectivity index (χ1v) is 9.68. The van der Waals surface area contributed by atoms with Crippen molar-refractivity contribution in [3.05, 3.63) is 40.3 Å². The van der Waals surface area contributed by atoms with Crippen molar-refractivity contribution in [2.24, 2.45) is 7.05 Å². The Labute approximate surface area is 151 Å². The second kappa shape index (κ2) is 6.90. The van der Waals surface area contributed by atoms with Crippen LogP contribution >= 0.6 is 11.3 Å². The highest BCUT2D eigenvalue weighted by Gasteiger charge is 2.43. The smallest absolute Gasteiger partial charge is 0.261 e. The average Bonchev–Trinajstić information content (AvgIpc) is 3.33. The normalized spacial score (nSPS) is 23.2. The molecule has 0 bridgehead atoms. The quantitative estimate of drug-likeness (QED) is 0.906. The fourth-order valence-electron chi connectivity index (χ4n) is 3.88. The van der Waals surface area contributed by atoms with E-state index in [1.165, 1.54) is 16.9 Å². The number of nitrogens with zero attached hydrogens (tertiary/aromatic N) is 3. The van der Waals surface area contributed by atoms with Crippen LogP contribution in [0.5, 0.6) is 0 Å². The maximum atomic E-state index is 12.2.